The summed E-state index contributed by atoms with van der Waals surface area (Å²) >= 11 is 0. The molecule has 0 radical (unpaired) electrons. The molecule has 0 aliphatic carbocycles. The standard InChI is InChI=1S/C12H23N3O/c1-5-6-15-12(10(3)9(2)7-13)11(16-4)8-14-15/h8-10H,5-7,13H2,1-4H3. The highest BCUT2D eigenvalue weighted by molar-refractivity contribution is 5.28. The summed E-state index contributed by atoms with van der Waals surface area (Å²) in [6.07, 6.45) is 2.87. The number of aryl methyl sites for hydroxylation is 1. The second-order valence-corrected chi connectivity index (χ2v) is 4.32. The van der Waals surface area contributed by atoms with Gasteiger partial charge in [0.15, 0.2) is 5.75 Å². The maximum atomic E-state index is 5.72. The molecular weight excluding hydrogens is 202 g/mol. The first-order chi connectivity index (χ1) is 7.65. The van der Waals surface area contributed by atoms with Crippen LogP contribution in [0.3, 0.4) is 0 Å². The zero-order chi connectivity index (χ0) is 12.1. The number of hydrogen-bond donors (Lipinski definition) is 1. The molecule has 1 aromatic heterocycles. The molecule has 0 aliphatic rings. The third kappa shape index (κ3) is 2.55. The third-order valence-electron chi connectivity index (χ3n) is 3.16. The van der Waals surface area contributed by atoms with E-state index in [1.165, 1.54) is 5.69 Å². The van der Waals surface area contributed by atoms with Crippen LogP contribution in [0.4, 0.5) is 0 Å². The number of hydrogen-bond acceptors (Lipinski definition) is 3. The Bertz CT molecular complexity index is 322. The SMILES string of the molecule is CCCn1ncc(OC)c1C(C)C(C)CN. The zero-order valence-electron chi connectivity index (χ0n) is 10.7. The van der Waals surface area contributed by atoms with Gasteiger partial charge in [0.25, 0.3) is 0 Å². The van der Waals surface area contributed by atoms with Gasteiger partial charge in [-0.15, -0.1) is 0 Å². The maximum absolute atomic E-state index is 5.72. The summed E-state index contributed by atoms with van der Waals surface area (Å²) < 4.78 is 7.40. The number of nitrogens with two attached hydrogens (primary N) is 1. The molecule has 1 heterocycles. The van der Waals surface area contributed by atoms with Crippen molar-refractivity contribution in [1.82, 2.24) is 9.78 Å². The van der Waals surface area contributed by atoms with Crippen LogP contribution in [0.1, 0.15) is 38.8 Å². The van der Waals surface area contributed by atoms with Gasteiger partial charge in [0.1, 0.15) is 0 Å². The fourth-order valence-corrected chi connectivity index (χ4v) is 1.86. The van der Waals surface area contributed by atoms with Crippen molar-refractivity contribution in [3.05, 3.63) is 11.9 Å². The van der Waals surface area contributed by atoms with Crippen molar-refractivity contribution in [2.45, 2.75) is 39.7 Å². The van der Waals surface area contributed by atoms with E-state index in [2.05, 4.69) is 25.9 Å². The summed E-state index contributed by atoms with van der Waals surface area (Å²) in [4.78, 5) is 0. The number of rotatable bonds is 6. The lowest BCUT2D eigenvalue weighted by molar-refractivity contribution is 0.385. The van der Waals surface area contributed by atoms with Crippen LogP contribution >= 0.6 is 0 Å². The largest absolute Gasteiger partial charge is 0.493 e. The highest BCUT2D eigenvalue weighted by Crippen LogP contribution is 2.31. The Morgan fingerprint density at radius 2 is 2.19 bits per heavy atom. The maximum Gasteiger partial charge on any atom is 0.160 e. The number of nitrogens with zero attached hydrogens (tertiary/aromatic N) is 2. The van der Waals surface area contributed by atoms with Gasteiger partial charge in [-0.3, -0.25) is 4.68 Å². The molecule has 92 valence electrons. The van der Waals surface area contributed by atoms with Crippen LogP contribution in [0.5, 0.6) is 5.75 Å². The van der Waals surface area contributed by atoms with E-state index in [9.17, 15) is 0 Å². The monoisotopic (exact) mass is 225 g/mol. The topological polar surface area (TPSA) is 53.1 Å². The van der Waals surface area contributed by atoms with Crippen molar-refractivity contribution in [3.8, 4) is 5.75 Å². The Labute approximate surface area is 97.8 Å². The molecule has 0 aromatic carbocycles. The minimum Gasteiger partial charge on any atom is -0.493 e. The molecule has 0 saturated heterocycles. The van der Waals surface area contributed by atoms with E-state index in [-0.39, 0.29) is 0 Å². The van der Waals surface area contributed by atoms with Crippen molar-refractivity contribution in [1.29, 1.82) is 0 Å². The van der Waals surface area contributed by atoms with Crippen LogP contribution in [0.2, 0.25) is 0 Å². The van der Waals surface area contributed by atoms with Crippen LogP contribution in [0, 0.1) is 5.92 Å². The second kappa shape index (κ2) is 5.89. The lowest BCUT2D eigenvalue weighted by Crippen LogP contribution is -2.20. The number of aromatic nitrogens is 2. The summed E-state index contributed by atoms with van der Waals surface area (Å²) in [5.41, 5.74) is 6.89. The summed E-state index contributed by atoms with van der Waals surface area (Å²) in [7, 11) is 1.69. The molecule has 0 bridgehead atoms. The van der Waals surface area contributed by atoms with Gasteiger partial charge in [-0.25, -0.2) is 0 Å². The van der Waals surface area contributed by atoms with Gasteiger partial charge in [-0.05, 0) is 18.9 Å². The summed E-state index contributed by atoms with van der Waals surface area (Å²) in [5.74, 6) is 1.68. The molecule has 0 amide bonds. The molecule has 0 fully saturated rings. The normalized spacial score (nSPS) is 14.8. The molecular formula is C12H23N3O. The Hall–Kier alpha value is -1.03. The summed E-state index contributed by atoms with van der Waals surface area (Å²) in [6.45, 7) is 8.10. The van der Waals surface area contributed by atoms with Gasteiger partial charge in [-0.1, -0.05) is 20.8 Å². The predicted molar refractivity (Wildman–Crippen MR) is 65.7 cm³/mol. The third-order valence-corrected chi connectivity index (χ3v) is 3.16. The first kappa shape index (κ1) is 13.0. The second-order valence-electron chi connectivity index (χ2n) is 4.32. The summed E-state index contributed by atoms with van der Waals surface area (Å²) in [5, 5.41) is 4.37. The predicted octanol–water partition coefficient (Wildman–Crippen LogP) is 2.00. The molecule has 2 atom stereocenters. The van der Waals surface area contributed by atoms with Crippen molar-refractivity contribution in [2.24, 2.45) is 11.7 Å². The van der Waals surface area contributed by atoms with Gasteiger partial charge in [0.05, 0.1) is 19.0 Å². The number of ether oxygens (including phenoxy) is 1. The van der Waals surface area contributed by atoms with Crippen LogP contribution < -0.4 is 10.5 Å². The van der Waals surface area contributed by atoms with Gasteiger partial charge in [0, 0.05) is 12.5 Å². The van der Waals surface area contributed by atoms with E-state index in [1.54, 1.807) is 13.3 Å². The van der Waals surface area contributed by atoms with E-state index in [1.807, 2.05) is 4.68 Å². The highest BCUT2D eigenvalue weighted by atomic mass is 16.5. The Morgan fingerprint density at radius 1 is 1.50 bits per heavy atom. The van der Waals surface area contributed by atoms with Gasteiger partial charge < -0.3 is 10.5 Å². The minimum atomic E-state index is 0.369. The fraction of sp³-hybridized carbons (Fsp3) is 0.750. The van der Waals surface area contributed by atoms with Crippen molar-refractivity contribution >= 4 is 0 Å². The molecule has 1 aromatic rings. The molecule has 4 heteroatoms. The molecule has 0 saturated carbocycles. The van der Waals surface area contributed by atoms with E-state index in [0.717, 1.165) is 18.7 Å². The lowest BCUT2D eigenvalue weighted by atomic mass is 9.92. The Morgan fingerprint density at radius 3 is 2.69 bits per heavy atom. The highest BCUT2D eigenvalue weighted by Gasteiger charge is 2.21. The van der Waals surface area contributed by atoms with Crippen molar-refractivity contribution in [2.75, 3.05) is 13.7 Å². The zero-order valence-corrected chi connectivity index (χ0v) is 10.7. The van der Waals surface area contributed by atoms with Gasteiger partial charge in [0.2, 0.25) is 0 Å². The first-order valence-corrected chi connectivity index (χ1v) is 5.95. The quantitative estimate of drug-likeness (QED) is 0.805. The minimum absolute atomic E-state index is 0.369. The molecule has 4 nitrogen and oxygen atoms in total. The van der Waals surface area contributed by atoms with E-state index >= 15 is 0 Å². The van der Waals surface area contributed by atoms with E-state index in [0.29, 0.717) is 18.4 Å². The van der Waals surface area contributed by atoms with Crippen LogP contribution in [0.25, 0.3) is 0 Å². The van der Waals surface area contributed by atoms with Crippen molar-refractivity contribution in [3.63, 3.8) is 0 Å². The Kier molecular flexibility index (Phi) is 4.80. The number of methoxy groups -OCH3 is 1. The van der Waals surface area contributed by atoms with E-state index < -0.39 is 0 Å². The van der Waals surface area contributed by atoms with E-state index in [4.69, 9.17) is 10.5 Å². The lowest BCUT2D eigenvalue weighted by Gasteiger charge is -2.20. The van der Waals surface area contributed by atoms with Gasteiger partial charge in [-0.2, -0.15) is 5.10 Å². The molecule has 0 aliphatic heterocycles. The fourth-order valence-electron chi connectivity index (χ4n) is 1.86. The van der Waals surface area contributed by atoms with Gasteiger partial charge >= 0.3 is 0 Å². The molecule has 2 N–H and O–H groups in total. The molecule has 1 rings (SSSR count). The van der Waals surface area contributed by atoms with Crippen molar-refractivity contribution < 1.29 is 4.74 Å². The molecule has 2 unspecified atom stereocenters. The van der Waals surface area contributed by atoms with Crippen LogP contribution in [-0.2, 0) is 6.54 Å². The molecule has 0 spiro atoms. The average Bonchev–Trinajstić information content (AvgIpc) is 2.70. The Balaban J connectivity index is 3.01. The summed E-state index contributed by atoms with van der Waals surface area (Å²) in [6, 6.07) is 0. The average molecular weight is 225 g/mol. The van der Waals surface area contributed by atoms with Crippen LogP contribution in [-0.4, -0.2) is 23.4 Å². The smallest absolute Gasteiger partial charge is 0.160 e. The molecule has 16 heavy (non-hydrogen) atoms. The first-order valence-electron chi connectivity index (χ1n) is 5.95. The van der Waals surface area contributed by atoms with Crippen LogP contribution in [0.15, 0.2) is 6.20 Å².